The first-order valence-electron chi connectivity index (χ1n) is 7.47. The lowest BCUT2D eigenvalue weighted by molar-refractivity contribution is -0.224. The Balaban J connectivity index is 1.64. The third-order valence-electron chi connectivity index (χ3n) is 3.93. The molecule has 1 atom stereocenters. The van der Waals surface area contributed by atoms with Crippen LogP contribution in [-0.2, 0) is 22.5 Å². The van der Waals surface area contributed by atoms with Crippen LogP contribution in [0.2, 0.25) is 0 Å². The fourth-order valence-corrected chi connectivity index (χ4v) is 2.69. The molecule has 24 heavy (non-hydrogen) atoms. The van der Waals surface area contributed by atoms with E-state index in [-0.39, 0.29) is 5.56 Å². The van der Waals surface area contributed by atoms with Crippen molar-refractivity contribution in [1.82, 2.24) is 15.1 Å². The molecule has 1 aliphatic heterocycles. The van der Waals surface area contributed by atoms with E-state index in [2.05, 4.69) is 10.2 Å². The predicted molar refractivity (Wildman–Crippen MR) is 78.9 cm³/mol. The maximum absolute atomic E-state index is 13.2. The summed E-state index contributed by atoms with van der Waals surface area (Å²) in [6.45, 7) is 0.141. The summed E-state index contributed by atoms with van der Waals surface area (Å²) in [6, 6.07) is 7.30. The molecule has 0 radical (unpaired) electrons. The zero-order chi connectivity index (χ0) is 17.2. The van der Waals surface area contributed by atoms with Gasteiger partial charge in [0.15, 0.2) is 6.10 Å². The normalized spacial score (nSPS) is 15.9. The van der Waals surface area contributed by atoms with Gasteiger partial charge < -0.3 is 9.64 Å². The molecule has 0 bridgehead atoms. The second kappa shape index (κ2) is 6.64. The van der Waals surface area contributed by atoms with Crippen molar-refractivity contribution in [1.29, 1.82) is 0 Å². The zero-order valence-electron chi connectivity index (χ0n) is 12.7. The Morgan fingerprint density at radius 1 is 1.33 bits per heavy atom. The number of ether oxygens (including phenoxy) is 1. The number of fused-ring (bicyclic) bond motifs is 1. The van der Waals surface area contributed by atoms with Crippen LogP contribution in [0.3, 0.4) is 0 Å². The van der Waals surface area contributed by atoms with Crippen LogP contribution in [0.15, 0.2) is 36.5 Å². The van der Waals surface area contributed by atoms with Gasteiger partial charge in [-0.3, -0.25) is 9.89 Å². The van der Waals surface area contributed by atoms with E-state index < -0.39 is 24.8 Å². The highest BCUT2D eigenvalue weighted by Gasteiger charge is 2.42. The van der Waals surface area contributed by atoms with Crippen LogP contribution in [0.5, 0.6) is 0 Å². The molecular weight excluding hydrogens is 323 g/mol. The highest BCUT2D eigenvalue weighted by atomic mass is 19.4. The molecule has 1 aliphatic rings. The number of aromatic nitrogens is 2. The van der Waals surface area contributed by atoms with Crippen molar-refractivity contribution in [2.75, 3.05) is 13.2 Å². The van der Waals surface area contributed by atoms with Crippen LogP contribution in [0.4, 0.5) is 13.2 Å². The van der Waals surface area contributed by atoms with Gasteiger partial charge in [0.1, 0.15) is 6.61 Å². The maximum Gasteiger partial charge on any atom is 0.418 e. The van der Waals surface area contributed by atoms with Crippen molar-refractivity contribution in [2.45, 2.75) is 25.2 Å². The number of hydrogen-bond acceptors (Lipinski definition) is 3. The third-order valence-corrected chi connectivity index (χ3v) is 3.93. The largest absolute Gasteiger partial charge is 0.418 e. The Hall–Kier alpha value is -2.35. The Morgan fingerprint density at radius 2 is 2.08 bits per heavy atom. The number of aromatic amines is 1. The molecule has 1 aromatic heterocycles. The fourth-order valence-electron chi connectivity index (χ4n) is 2.69. The SMILES string of the molecule is O=C(COC(c1ccccc1)C(F)(F)F)N1CCc2[nH]ncc2C1. The fraction of sp³-hybridized carbons (Fsp3) is 0.375. The zero-order valence-corrected chi connectivity index (χ0v) is 12.7. The van der Waals surface area contributed by atoms with E-state index in [1.807, 2.05) is 0 Å². The molecule has 1 unspecified atom stereocenters. The van der Waals surface area contributed by atoms with E-state index in [4.69, 9.17) is 4.74 Å². The van der Waals surface area contributed by atoms with Crippen LogP contribution < -0.4 is 0 Å². The van der Waals surface area contributed by atoms with Crippen LogP contribution in [0.25, 0.3) is 0 Å². The number of alkyl halides is 3. The first-order chi connectivity index (χ1) is 11.4. The molecular formula is C16H16F3N3O2. The quantitative estimate of drug-likeness (QED) is 0.932. The second-order valence-electron chi connectivity index (χ2n) is 5.58. The van der Waals surface area contributed by atoms with E-state index >= 15 is 0 Å². The lowest BCUT2D eigenvalue weighted by Crippen LogP contribution is -2.39. The molecule has 128 valence electrons. The number of benzene rings is 1. The standard InChI is InChI=1S/C16H16F3N3O2/c17-16(18,19)15(11-4-2-1-3-5-11)24-10-14(23)22-7-6-13-12(9-22)8-20-21-13/h1-5,8,15H,6-7,9-10H2,(H,20,21). The minimum Gasteiger partial charge on any atom is -0.354 e. The van der Waals surface area contributed by atoms with Crippen molar-refractivity contribution in [2.24, 2.45) is 0 Å². The molecule has 1 aromatic carbocycles. The van der Waals surface area contributed by atoms with Crippen LogP contribution >= 0.6 is 0 Å². The van der Waals surface area contributed by atoms with Gasteiger partial charge in [0.05, 0.1) is 6.20 Å². The summed E-state index contributed by atoms with van der Waals surface area (Å²) in [5.74, 6) is -0.466. The van der Waals surface area contributed by atoms with E-state index in [9.17, 15) is 18.0 Å². The number of amides is 1. The molecule has 0 fully saturated rings. The van der Waals surface area contributed by atoms with Crippen molar-refractivity contribution in [3.63, 3.8) is 0 Å². The average molecular weight is 339 g/mol. The van der Waals surface area contributed by atoms with Gasteiger partial charge in [0, 0.05) is 30.8 Å². The van der Waals surface area contributed by atoms with Crippen molar-refractivity contribution in [3.8, 4) is 0 Å². The van der Waals surface area contributed by atoms with Gasteiger partial charge in [-0.05, 0) is 5.56 Å². The lowest BCUT2D eigenvalue weighted by Gasteiger charge is -2.28. The number of carbonyl (C=O) groups excluding carboxylic acids is 1. The van der Waals surface area contributed by atoms with Crippen molar-refractivity contribution in [3.05, 3.63) is 53.3 Å². The summed E-state index contributed by atoms with van der Waals surface area (Å²) in [7, 11) is 0. The molecule has 0 aliphatic carbocycles. The van der Waals surface area contributed by atoms with Crippen LogP contribution in [0.1, 0.15) is 22.9 Å². The number of hydrogen-bond donors (Lipinski definition) is 1. The Kier molecular flexibility index (Phi) is 4.57. The second-order valence-corrected chi connectivity index (χ2v) is 5.58. The third kappa shape index (κ3) is 3.59. The minimum absolute atomic E-state index is 0.0198. The van der Waals surface area contributed by atoms with Crippen molar-refractivity contribution >= 4 is 5.91 Å². The van der Waals surface area contributed by atoms with Gasteiger partial charge in [-0.25, -0.2) is 0 Å². The van der Waals surface area contributed by atoms with Crippen LogP contribution in [0, 0.1) is 0 Å². The monoisotopic (exact) mass is 339 g/mol. The number of carbonyl (C=O) groups is 1. The number of nitrogens with zero attached hydrogens (tertiary/aromatic N) is 2. The number of rotatable bonds is 4. The molecule has 0 spiro atoms. The van der Waals surface area contributed by atoms with Gasteiger partial charge in [-0.1, -0.05) is 30.3 Å². The molecule has 2 heterocycles. The molecule has 0 saturated carbocycles. The number of H-pyrrole nitrogens is 1. The van der Waals surface area contributed by atoms with E-state index in [1.165, 1.54) is 29.2 Å². The van der Waals surface area contributed by atoms with Gasteiger partial charge in [-0.15, -0.1) is 0 Å². The summed E-state index contributed by atoms with van der Waals surface area (Å²) < 4.78 is 44.5. The molecule has 8 heteroatoms. The minimum atomic E-state index is -4.58. The topological polar surface area (TPSA) is 58.2 Å². The smallest absolute Gasteiger partial charge is 0.354 e. The van der Waals surface area contributed by atoms with Gasteiger partial charge in [0.25, 0.3) is 0 Å². The number of nitrogens with one attached hydrogen (secondary N) is 1. The maximum atomic E-state index is 13.2. The summed E-state index contributed by atoms with van der Waals surface area (Å²) in [5, 5.41) is 6.74. The molecule has 1 amide bonds. The Labute approximate surface area is 136 Å². The first kappa shape index (κ1) is 16.5. The van der Waals surface area contributed by atoms with Gasteiger partial charge in [0.2, 0.25) is 5.91 Å². The summed E-state index contributed by atoms with van der Waals surface area (Å²) >= 11 is 0. The van der Waals surface area contributed by atoms with E-state index in [0.717, 1.165) is 11.3 Å². The van der Waals surface area contributed by atoms with E-state index in [0.29, 0.717) is 19.5 Å². The van der Waals surface area contributed by atoms with E-state index in [1.54, 1.807) is 12.3 Å². The summed E-state index contributed by atoms with van der Waals surface area (Å²) in [5.41, 5.74) is 1.82. The van der Waals surface area contributed by atoms with Crippen molar-refractivity contribution < 1.29 is 22.7 Å². The predicted octanol–water partition coefficient (Wildman–Crippen LogP) is 2.61. The number of halogens is 3. The average Bonchev–Trinajstić information content (AvgIpc) is 3.02. The molecule has 1 N–H and O–H groups in total. The molecule has 5 nitrogen and oxygen atoms in total. The van der Waals surface area contributed by atoms with Crippen LogP contribution in [-0.4, -0.2) is 40.3 Å². The lowest BCUT2D eigenvalue weighted by atomic mass is 10.1. The molecule has 3 rings (SSSR count). The van der Waals surface area contributed by atoms with Gasteiger partial charge >= 0.3 is 6.18 Å². The van der Waals surface area contributed by atoms with Gasteiger partial charge in [-0.2, -0.15) is 18.3 Å². The molecule has 2 aromatic rings. The highest BCUT2D eigenvalue weighted by Crippen LogP contribution is 2.35. The highest BCUT2D eigenvalue weighted by molar-refractivity contribution is 5.77. The summed E-state index contributed by atoms with van der Waals surface area (Å²) in [6.07, 6.45) is -4.47. The Bertz CT molecular complexity index is 700. The summed E-state index contributed by atoms with van der Waals surface area (Å²) in [4.78, 5) is 13.7. The first-order valence-corrected chi connectivity index (χ1v) is 7.47. The molecule has 0 saturated heterocycles. The Morgan fingerprint density at radius 3 is 2.79 bits per heavy atom.